The minimum absolute atomic E-state index is 0.263. The van der Waals surface area contributed by atoms with Gasteiger partial charge in [-0.1, -0.05) is 33.2 Å². The van der Waals surface area contributed by atoms with Gasteiger partial charge >= 0.3 is 0 Å². The topological polar surface area (TPSA) is 55.1 Å². The molecule has 4 nitrogen and oxygen atoms in total. The van der Waals surface area contributed by atoms with Gasteiger partial charge in [0.15, 0.2) is 5.69 Å². The lowest BCUT2D eigenvalue weighted by Crippen LogP contribution is -2.12. The van der Waals surface area contributed by atoms with Crippen molar-refractivity contribution < 1.29 is 9.32 Å². The van der Waals surface area contributed by atoms with E-state index in [1.807, 2.05) is 18.2 Å². The molecule has 18 heavy (non-hydrogen) atoms. The van der Waals surface area contributed by atoms with Gasteiger partial charge in [0.1, 0.15) is 6.26 Å². The number of rotatable bonds is 5. The summed E-state index contributed by atoms with van der Waals surface area (Å²) in [6.45, 7) is 0. The second-order valence-corrected chi connectivity index (χ2v) is 4.62. The quantitative estimate of drug-likeness (QED) is 0.863. The largest absolute Gasteiger partial charge is 0.364 e. The molecule has 1 aromatic heterocycles. The molecule has 5 heteroatoms. The number of halogens is 1. The number of aromatic nitrogens is 1. The Hall–Kier alpha value is -1.62. The fraction of sp³-hybridized carbons (Fsp3) is 0.231. The first-order valence-electron chi connectivity index (χ1n) is 5.66. The standard InChI is InChI=1S/C13H13BrN2O2/c14-7-2-4-10-3-1-5-11(9-10)15-13(17)12-6-8-18-16-12/h1,3,5-6,8-9H,2,4,7H2,(H,15,17). The van der Waals surface area contributed by atoms with Crippen LogP contribution in [0.5, 0.6) is 0 Å². The van der Waals surface area contributed by atoms with Crippen molar-refractivity contribution in [1.82, 2.24) is 5.16 Å². The number of benzene rings is 1. The van der Waals surface area contributed by atoms with E-state index in [1.165, 1.54) is 17.9 Å². The first-order valence-corrected chi connectivity index (χ1v) is 6.78. The highest BCUT2D eigenvalue weighted by Gasteiger charge is 2.09. The summed E-state index contributed by atoms with van der Waals surface area (Å²) < 4.78 is 4.63. The molecule has 0 aliphatic carbocycles. The van der Waals surface area contributed by atoms with Crippen LogP contribution in [0.15, 0.2) is 41.1 Å². The second-order valence-electron chi connectivity index (χ2n) is 3.83. The van der Waals surface area contributed by atoms with E-state index < -0.39 is 0 Å². The van der Waals surface area contributed by atoms with E-state index in [2.05, 4.69) is 37.0 Å². The van der Waals surface area contributed by atoms with Crippen molar-refractivity contribution >= 4 is 27.5 Å². The number of nitrogens with zero attached hydrogens (tertiary/aromatic N) is 1. The molecule has 0 bridgehead atoms. The highest BCUT2D eigenvalue weighted by Crippen LogP contribution is 2.13. The molecule has 1 heterocycles. The second kappa shape index (κ2) is 6.35. The molecule has 0 unspecified atom stereocenters. The van der Waals surface area contributed by atoms with E-state index in [1.54, 1.807) is 0 Å². The monoisotopic (exact) mass is 308 g/mol. The Morgan fingerprint density at radius 1 is 1.39 bits per heavy atom. The number of hydrogen-bond donors (Lipinski definition) is 1. The maximum Gasteiger partial charge on any atom is 0.277 e. The molecule has 0 aliphatic heterocycles. The Bertz CT molecular complexity index is 511. The highest BCUT2D eigenvalue weighted by molar-refractivity contribution is 9.09. The molecular formula is C13H13BrN2O2. The summed E-state index contributed by atoms with van der Waals surface area (Å²) in [6.07, 6.45) is 3.43. The molecule has 2 aromatic rings. The number of hydrogen-bond acceptors (Lipinski definition) is 3. The van der Waals surface area contributed by atoms with Gasteiger partial charge < -0.3 is 9.84 Å². The van der Waals surface area contributed by atoms with Crippen LogP contribution in [-0.2, 0) is 6.42 Å². The first-order chi connectivity index (χ1) is 8.79. The van der Waals surface area contributed by atoms with E-state index in [0.717, 1.165) is 23.9 Å². The van der Waals surface area contributed by atoms with Crippen LogP contribution in [-0.4, -0.2) is 16.4 Å². The van der Waals surface area contributed by atoms with Crippen molar-refractivity contribution in [3.63, 3.8) is 0 Å². The summed E-state index contributed by atoms with van der Waals surface area (Å²) in [4.78, 5) is 11.8. The third-order valence-electron chi connectivity index (χ3n) is 2.45. The number of alkyl halides is 1. The zero-order valence-corrected chi connectivity index (χ0v) is 11.3. The molecule has 2 rings (SSSR count). The third kappa shape index (κ3) is 3.43. The molecule has 0 radical (unpaired) electrons. The third-order valence-corrected chi connectivity index (χ3v) is 3.02. The maximum absolute atomic E-state index is 11.8. The van der Waals surface area contributed by atoms with Gasteiger partial charge in [-0.3, -0.25) is 4.79 Å². The predicted octanol–water partition coefficient (Wildman–Crippen LogP) is 3.25. The van der Waals surface area contributed by atoms with Gasteiger partial charge in [0.05, 0.1) is 0 Å². The zero-order valence-electron chi connectivity index (χ0n) is 9.73. The highest BCUT2D eigenvalue weighted by atomic mass is 79.9. The van der Waals surface area contributed by atoms with Crippen molar-refractivity contribution in [2.75, 3.05) is 10.6 Å². The van der Waals surface area contributed by atoms with Gasteiger partial charge in [0, 0.05) is 17.1 Å². The summed E-state index contributed by atoms with van der Waals surface area (Å²) in [7, 11) is 0. The van der Waals surface area contributed by atoms with E-state index >= 15 is 0 Å². The van der Waals surface area contributed by atoms with Crippen molar-refractivity contribution in [2.24, 2.45) is 0 Å². The molecular weight excluding hydrogens is 296 g/mol. The van der Waals surface area contributed by atoms with E-state index in [9.17, 15) is 4.79 Å². The molecule has 0 saturated carbocycles. The SMILES string of the molecule is O=C(Nc1cccc(CCCBr)c1)c1ccon1. The van der Waals surface area contributed by atoms with Gasteiger partial charge in [-0.05, 0) is 30.5 Å². The number of carbonyl (C=O) groups excluding carboxylic acids is 1. The predicted molar refractivity (Wildman–Crippen MR) is 73.0 cm³/mol. The normalized spacial score (nSPS) is 10.3. The first kappa shape index (κ1) is 12.8. The molecule has 94 valence electrons. The molecule has 1 amide bonds. The van der Waals surface area contributed by atoms with Crippen LogP contribution < -0.4 is 5.32 Å². The Morgan fingerprint density at radius 2 is 2.28 bits per heavy atom. The Labute approximate surface area is 113 Å². The van der Waals surface area contributed by atoms with Crippen LogP contribution in [0.1, 0.15) is 22.5 Å². The van der Waals surface area contributed by atoms with Gasteiger partial charge in [0.2, 0.25) is 0 Å². The number of aryl methyl sites for hydroxylation is 1. The minimum atomic E-state index is -0.263. The number of carbonyl (C=O) groups is 1. The lowest BCUT2D eigenvalue weighted by molar-refractivity contribution is 0.101. The van der Waals surface area contributed by atoms with E-state index in [4.69, 9.17) is 0 Å². The molecule has 0 spiro atoms. The smallest absolute Gasteiger partial charge is 0.277 e. The minimum Gasteiger partial charge on any atom is -0.364 e. The number of nitrogens with one attached hydrogen (secondary N) is 1. The van der Waals surface area contributed by atoms with Gasteiger partial charge in [0.25, 0.3) is 5.91 Å². The molecule has 0 fully saturated rings. The van der Waals surface area contributed by atoms with Gasteiger partial charge in [-0.25, -0.2) is 0 Å². The molecule has 1 aromatic carbocycles. The summed E-state index contributed by atoms with van der Waals surface area (Å²) in [6, 6.07) is 9.34. The van der Waals surface area contributed by atoms with Gasteiger partial charge in [-0.15, -0.1) is 0 Å². The van der Waals surface area contributed by atoms with Crippen LogP contribution in [0.2, 0.25) is 0 Å². The lowest BCUT2D eigenvalue weighted by Gasteiger charge is -2.05. The fourth-order valence-corrected chi connectivity index (χ4v) is 1.88. The Morgan fingerprint density at radius 3 is 3.00 bits per heavy atom. The van der Waals surface area contributed by atoms with E-state index in [0.29, 0.717) is 0 Å². The average Bonchev–Trinajstić information content (AvgIpc) is 2.91. The number of anilines is 1. The lowest BCUT2D eigenvalue weighted by atomic mass is 10.1. The van der Waals surface area contributed by atoms with Crippen molar-refractivity contribution in [3.8, 4) is 0 Å². The Kier molecular flexibility index (Phi) is 4.52. The van der Waals surface area contributed by atoms with Crippen LogP contribution in [0.25, 0.3) is 0 Å². The number of amides is 1. The van der Waals surface area contributed by atoms with Crippen molar-refractivity contribution in [2.45, 2.75) is 12.8 Å². The van der Waals surface area contributed by atoms with Crippen molar-refractivity contribution in [3.05, 3.63) is 47.9 Å². The summed E-state index contributed by atoms with van der Waals surface area (Å²) >= 11 is 3.40. The zero-order chi connectivity index (χ0) is 12.8. The molecule has 1 N–H and O–H groups in total. The maximum atomic E-state index is 11.8. The average molecular weight is 309 g/mol. The fourth-order valence-electron chi connectivity index (χ4n) is 1.60. The van der Waals surface area contributed by atoms with Crippen LogP contribution in [0.4, 0.5) is 5.69 Å². The molecule has 0 atom stereocenters. The van der Waals surface area contributed by atoms with Crippen LogP contribution >= 0.6 is 15.9 Å². The van der Waals surface area contributed by atoms with Crippen molar-refractivity contribution in [1.29, 1.82) is 0 Å². The van der Waals surface area contributed by atoms with E-state index in [-0.39, 0.29) is 11.6 Å². The summed E-state index contributed by atoms with van der Waals surface area (Å²) in [5, 5.41) is 7.35. The summed E-state index contributed by atoms with van der Waals surface area (Å²) in [5.74, 6) is -0.263. The Balaban J connectivity index is 2.03. The molecule has 0 aliphatic rings. The van der Waals surface area contributed by atoms with Gasteiger partial charge in [-0.2, -0.15) is 0 Å². The summed E-state index contributed by atoms with van der Waals surface area (Å²) in [5.41, 5.74) is 2.25. The van der Waals surface area contributed by atoms with Crippen LogP contribution in [0, 0.1) is 0 Å². The van der Waals surface area contributed by atoms with Crippen LogP contribution in [0.3, 0.4) is 0 Å². The molecule has 0 saturated heterocycles.